The highest BCUT2D eigenvalue weighted by Crippen LogP contribution is 2.34. The monoisotopic (exact) mass is 280 g/mol. The van der Waals surface area contributed by atoms with Crippen LogP contribution in [0.4, 0.5) is 0 Å². The number of rotatable bonds is 5. The molecule has 0 bridgehead atoms. The third kappa shape index (κ3) is 3.22. The maximum absolute atomic E-state index is 3.87. The van der Waals surface area contributed by atoms with E-state index in [1.165, 1.54) is 64.5 Å². The highest BCUT2D eigenvalue weighted by atomic mass is 15.3. The Hall–Kier alpha value is -0.0800. The van der Waals surface area contributed by atoms with Gasteiger partial charge in [-0.05, 0) is 44.9 Å². The summed E-state index contributed by atoms with van der Waals surface area (Å²) in [6, 6.07) is 1.44. The largest absolute Gasteiger partial charge is 0.311 e. The summed E-state index contributed by atoms with van der Waals surface area (Å²) in [6.07, 6.45) is 11.2. The Morgan fingerprint density at radius 2 is 1.60 bits per heavy atom. The molecule has 2 nitrogen and oxygen atoms in total. The molecule has 1 aliphatic heterocycles. The molecule has 1 N–H and O–H groups in total. The van der Waals surface area contributed by atoms with Gasteiger partial charge in [0.1, 0.15) is 0 Å². The van der Waals surface area contributed by atoms with E-state index >= 15 is 0 Å². The second kappa shape index (κ2) is 7.26. The van der Waals surface area contributed by atoms with Gasteiger partial charge in [-0.25, -0.2) is 0 Å². The lowest BCUT2D eigenvalue weighted by molar-refractivity contribution is -0.00563. The zero-order valence-corrected chi connectivity index (χ0v) is 14.3. The summed E-state index contributed by atoms with van der Waals surface area (Å²) in [5.74, 6) is 0.932. The van der Waals surface area contributed by atoms with Gasteiger partial charge < -0.3 is 5.32 Å². The Morgan fingerprint density at radius 3 is 2.15 bits per heavy atom. The van der Waals surface area contributed by atoms with Crippen LogP contribution in [-0.4, -0.2) is 35.6 Å². The van der Waals surface area contributed by atoms with Gasteiger partial charge in [-0.2, -0.15) is 0 Å². The van der Waals surface area contributed by atoms with Gasteiger partial charge >= 0.3 is 0 Å². The summed E-state index contributed by atoms with van der Waals surface area (Å²) in [7, 11) is 0. The summed E-state index contributed by atoms with van der Waals surface area (Å²) in [5.41, 5.74) is 0.439. The number of nitrogens with zero attached hydrogens (tertiary/aromatic N) is 1. The van der Waals surface area contributed by atoms with Crippen molar-refractivity contribution >= 4 is 0 Å². The molecular formula is C18H36N2. The number of piperazine rings is 1. The fourth-order valence-corrected chi connectivity index (χ4v) is 4.76. The quantitative estimate of drug-likeness (QED) is 0.812. The molecule has 1 heterocycles. The molecule has 2 atom stereocenters. The predicted octanol–water partition coefficient (Wildman–Crippen LogP) is 4.20. The van der Waals surface area contributed by atoms with Gasteiger partial charge in [-0.3, -0.25) is 4.90 Å². The Morgan fingerprint density at radius 1 is 1.00 bits per heavy atom. The van der Waals surface area contributed by atoms with Crippen molar-refractivity contribution in [2.45, 2.75) is 96.7 Å². The molecule has 2 fully saturated rings. The molecule has 0 radical (unpaired) electrons. The average Bonchev–Trinajstić information content (AvgIpc) is 2.52. The SMILES string of the molecule is CCC(CC)(CC)N1CC(C2CCCCC2)NCC1C. The molecule has 2 aliphatic rings. The van der Waals surface area contributed by atoms with Gasteiger partial charge in [-0.1, -0.05) is 40.0 Å². The molecule has 2 rings (SSSR count). The van der Waals surface area contributed by atoms with Crippen molar-refractivity contribution in [3.8, 4) is 0 Å². The summed E-state index contributed by atoms with van der Waals surface area (Å²) >= 11 is 0. The molecule has 1 aliphatic carbocycles. The highest BCUT2D eigenvalue weighted by Gasteiger charge is 2.40. The summed E-state index contributed by atoms with van der Waals surface area (Å²) in [5, 5.41) is 3.87. The first-order valence-electron chi connectivity index (χ1n) is 9.17. The summed E-state index contributed by atoms with van der Waals surface area (Å²) in [6.45, 7) is 12.0. The Labute approximate surface area is 126 Å². The zero-order chi connectivity index (χ0) is 14.6. The van der Waals surface area contributed by atoms with Crippen LogP contribution in [0.1, 0.15) is 79.1 Å². The fraction of sp³-hybridized carbons (Fsp3) is 1.00. The first-order valence-corrected chi connectivity index (χ1v) is 9.17. The molecule has 1 saturated carbocycles. The van der Waals surface area contributed by atoms with Crippen LogP contribution in [0.15, 0.2) is 0 Å². The van der Waals surface area contributed by atoms with E-state index in [1.54, 1.807) is 0 Å². The smallest absolute Gasteiger partial charge is 0.0224 e. The maximum Gasteiger partial charge on any atom is 0.0224 e. The van der Waals surface area contributed by atoms with Crippen LogP contribution in [0.3, 0.4) is 0 Å². The molecular weight excluding hydrogens is 244 g/mol. The van der Waals surface area contributed by atoms with Crippen LogP contribution in [0.2, 0.25) is 0 Å². The Kier molecular flexibility index (Phi) is 5.92. The van der Waals surface area contributed by atoms with E-state index in [1.807, 2.05) is 0 Å². The predicted molar refractivity (Wildman–Crippen MR) is 88.1 cm³/mol. The standard InChI is InChI=1S/C18H36N2/c1-5-18(6-2,7-3)20-14-17(19-13-15(20)4)16-11-9-8-10-12-16/h15-17,19H,5-14H2,1-4H3. The second-order valence-electron chi connectivity index (χ2n) is 7.20. The lowest BCUT2D eigenvalue weighted by Crippen LogP contribution is -2.64. The van der Waals surface area contributed by atoms with Crippen LogP contribution in [-0.2, 0) is 0 Å². The second-order valence-corrected chi connectivity index (χ2v) is 7.20. The Balaban J connectivity index is 2.07. The van der Waals surface area contributed by atoms with Crippen molar-refractivity contribution in [3.63, 3.8) is 0 Å². The highest BCUT2D eigenvalue weighted by molar-refractivity contribution is 4.97. The number of hydrogen-bond acceptors (Lipinski definition) is 2. The first-order chi connectivity index (χ1) is 9.66. The summed E-state index contributed by atoms with van der Waals surface area (Å²) in [4.78, 5) is 2.86. The van der Waals surface area contributed by atoms with Crippen molar-refractivity contribution in [1.29, 1.82) is 0 Å². The van der Waals surface area contributed by atoms with Gasteiger partial charge in [0.2, 0.25) is 0 Å². The minimum atomic E-state index is 0.439. The van der Waals surface area contributed by atoms with Gasteiger partial charge in [0.25, 0.3) is 0 Å². The van der Waals surface area contributed by atoms with E-state index < -0.39 is 0 Å². The Bertz CT molecular complexity index is 271. The molecule has 0 spiro atoms. The van der Waals surface area contributed by atoms with Crippen molar-refractivity contribution in [1.82, 2.24) is 10.2 Å². The summed E-state index contributed by atoms with van der Waals surface area (Å²) < 4.78 is 0. The molecule has 0 aromatic rings. The van der Waals surface area contributed by atoms with Crippen LogP contribution in [0.5, 0.6) is 0 Å². The van der Waals surface area contributed by atoms with Crippen molar-refractivity contribution in [2.24, 2.45) is 5.92 Å². The molecule has 2 unspecified atom stereocenters. The van der Waals surface area contributed by atoms with Crippen molar-refractivity contribution < 1.29 is 0 Å². The maximum atomic E-state index is 3.87. The van der Waals surface area contributed by atoms with E-state index in [9.17, 15) is 0 Å². The molecule has 118 valence electrons. The van der Waals surface area contributed by atoms with E-state index in [2.05, 4.69) is 37.9 Å². The normalized spacial score (nSPS) is 30.6. The molecule has 0 aromatic heterocycles. The van der Waals surface area contributed by atoms with E-state index in [4.69, 9.17) is 0 Å². The topological polar surface area (TPSA) is 15.3 Å². The molecule has 1 saturated heterocycles. The molecule has 0 aromatic carbocycles. The lowest BCUT2D eigenvalue weighted by atomic mass is 9.80. The van der Waals surface area contributed by atoms with Crippen molar-refractivity contribution in [2.75, 3.05) is 13.1 Å². The van der Waals surface area contributed by atoms with E-state index in [0.29, 0.717) is 11.6 Å². The number of hydrogen-bond donors (Lipinski definition) is 1. The molecule has 2 heteroatoms. The van der Waals surface area contributed by atoms with Gasteiger partial charge in [0.05, 0.1) is 0 Å². The van der Waals surface area contributed by atoms with Crippen LogP contribution < -0.4 is 5.32 Å². The van der Waals surface area contributed by atoms with Crippen LogP contribution in [0.25, 0.3) is 0 Å². The van der Waals surface area contributed by atoms with E-state index in [-0.39, 0.29) is 0 Å². The number of nitrogens with one attached hydrogen (secondary N) is 1. The minimum Gasteiger partial charge on any atom is -0.311 e. The van der Waals surface area contributed by atoms with Gasteiger partial charge in [-0.15, -0.1) is 0 Å². The lowest BCUT2D eigenvalue weighted by Gasteiger charge is -2.52. The molecule has 0 amide bonds. The fourth-order valence-electron chi connectivity index (χ4n) is 4.76. The zero-order valence-electron chi connectivity index (χ0n) is 14.3. The van der Waals surface area contributed by atoms with Gasteiger partial charge in [0, 0.05) is 30.7 Å². The van der Waals surface area contributed by atoms with Crippen molar-refractivity contribution in [3.05, 3.63) is 0 Å². The van der Waals surface area contributed by atoms with Gasteiger partial charge in [0.15, 0.2) is 0 Å². The first kappa shape index (κ1) is 16.3. The third-order valence-corrected chi connectivity index (χ3v) is 6.40. The van der Waals surface area contributed by atoms with Crippen LogP contribution in [0, 0.1) is 5.92 Å². The minimum absolute atomic E-state index is 0.439. The van der Waals surface area contributed by atoms with E-state index in [0.717, 1.165) is 12.0 Å². The molecule has 20 heavy (non-hydrogen) atoms. The third-order valence-electron chi connectivity index (χ3n) is 6.40. The van der Waals surface area contributed by atoms with Crippen LogP contribution >= 0.6 is 0 Å². The average molecular weight is 280 g/mol.